The first-order chi connectivity index (χ1) is 12.4. The summed E-state index contributed by atoms with van der Waals surface area (Å²) in [4.78, 5) is 26.9. The van der Waals surface area contributed by atoms with Crippen LogP contribution in [-0.4, -0.2) is 23.9 Å². The summed E-state index contributed by atoms with van der Waals surface area (Å²) < 4.78 is 11.3. The van der Waals surface area contributed by atoms with Crippen molar-refractivity contribution in [3.05, 3.63) is 73.4 Å². The molecule has 0 unspecified atom stereocenters. The van der Waals surface area contributed by atoms with Gasteiger partial charge in [-0.25, -0.2) is 9.79 Å². The normalized spacial score (nSPS) is 15.0. The van der Waals surface area contributed by atoms with E-state index in [1.165, 1.54) is 13.2 Å². The van der Waals surface area contributed by atoms with Crippen LogP contribution in [0.3, 0.4) is 0 Å². The molecule has 0 aromatic heterocycles. The number of aliphatic imine (C=N–C) groups is 1. The maximum atomic E-state index is 12.1. The van der Waals surface area contributed by atoms with Crippen LogP contribution in [-0.2, 0) is 9.53 Å². The lowest BCUT2D eigenvalue weighted by Crippen LogP contribution is -2.06. The van der Waals surface area contributed by atoms with E-state index in [1.54, 1.807) is 37.3 Å². The van der Waals surface area contributed by atoms with Crippen LogP contribution < -0.4 is 4.74 Å². The molecule has 0 bridgehead atoms. The van der Waals surface area contributed by atoms with Crippen molar-refractivity contribution in [1.82, 2.24) is 0 Å². The van der Waals surface area contributed by atoms with Gasteiger partial charge in [-0.2, -0.15) is 0 Å². The topological polar surface area (TPSA) is 91.0 Å². The summed E-state index contributed by atoms with van der Waals surface area (Å²) in [7, 11) is 1.53. The number of benzene rings is 2. The molecule has 3 rings (SSSR count). The van der Waals surface area contributed by atoms with Gasteiger partial charge in [0.05, 0.1) is 12.0 Å². The fourth-order valence-corrected chi connectivity index (χ4v) is 2.82. The molecule has 0 N–H and O–H groups in total. The molecule has 0 spiro atoms. The summed E-state index contributed by atoms with van der Waals surface area (Å²) in [5, 5.41) is 11.1. The van der Waals surface area contributed by atoms with Crippen LogP contribution in [0.25, 0.3) is 6.08 Å². The Morgan fingerprint density at radius 3 is 2.73 bits per heavy atom. The Labute approximate surface area is 157 Å². The molecule has 0 fully saturated rings. The van der Waals surface area contributed by atoms with Gasteiger partial charge in [0.25, 0.3) is 5.69 Å². The van der Waals surface area contributed by atoms with E-state index in [0.717, 1.165) is 4.47 Å². The Balaban J connectivity index is 2.01. The number of methoxy groups -OCH3 is 1. The largest absolute Gasteiger partial charge is 0.496 e. The van der Waals surface area contributed by atoms with Crippen LogP contribution in [0.4, 0.5) is 5.69 Å². The first kappa shape index (κ1) is 17.8. The molecule has 0 saturated carbocycles. The number of hydrogen-bond donors (Lipinski definition) is 0. The lowest BCUT2D eigenvalue weighted by Gasteiger charge is -2.04. The Hall–Kier alpha value is -3.00. The van der Waals surface area contributed by atoms with E-state index < -0.39 is 10.9 Å². The van der Waals surface area contributed by atoms with Gasteiger partial charge in [-0.15, -0.1) is 0 Å². The maximum Gasteiger partial charge on any atom is 0.363 e. The third-order valence-electron chi connectivity index (χ3n) is 3.76. The average molecular weight is 417 g/mol. The van der Waals surface area contributed by atoms with Crippen molar-refractivity contribution in [1.29, 1.82) is 0 Å². The third-order valence-corrected chi connectivity index (χ3v) is 4.25. The number of cyclic esters (lactones) is 1. The van der Waals surface area contributed by atoms with Crippen LogP contribution in [0.15, 0.2) is 51.6 Å². The molecule has 0 aliphatic carbocycles. The Kier molecular flexibility index (Phi) is 4.85. The van der Waals surface area contributed by atoms with E-state index in [1.807, 2.05) is 6.07 Å². The minimum Gasteiger partial charge on any atom is -0.496 e. The van der Waals surface area contributed by atoms with Gasteiger partial charge in [0.15, 0.2) is 5.70 Å². The minimum atomic E-state index is -0.634. The summed E-state index contributed by atoms with van der Waals surface area (Å²) in [6.07, 6.45) is 1.54. The molecule has 0 saturated heterocycles. The number of hydrogen-bond acceptors (Lipinski definition) is 6. The van der Waals surface area contributed by atoms with Crippen LogP contribution in [0.1, 0.15) is 16.7 Å². The number of carbonyl (C=O) groups excluding carboxylic acids is 1. The molecule has 1 aliphatic heterocycles. The molecule has 2 aromatic carbocycles. The van der Waals surface area contributed by atoms with Gasteiger partial charge in [-0.05, 0) is 37.3 Å². The number of carbonyl (C=O) groups is 1. The van der Waals surface area contributed by atoms with Crippen molar-refractivity contribution < 1.29 is 19.2 Å². The smallest absolute Gasteiger partial charge is 0.363 e. The maximum absolute atomic E-state index is 12.1. The number of nitro benzene ring substituents is 1. The predicted octanol–water partition coefficient (Wildman–Crippen LogP) is 4.02. The summed E-state index contributed by atoms with van der Waals surface area (Å²) in [6, 6.07) is 9.89. The van der Waals surface area contributed by atoms with Gasteiger partial charge >= 0.3 is 5.97 Å². The van der Waals surface area contributed by atoms with E-state index in [4.69, 9.17) is 9.47 Å². The van der Waals surface area contributed by atoms with E-state index >= 15 is 0 Å². The predicted molar refractivity (Wildman–Crippen MR) is 99.1 cm³/mol. The van der Waals surface area contributed by atoms with Crippen LogP contribution in [0, 0.1) is 17.0 Å². The molecule has 1 aliphatic rings. The molecule has 8 heteroatoms. The first-order valence-corrected chi connectivity index (χ1v) is 8.30. The number of ether oxygens (including phenoxy) is 2. The van der Waals surface area contributed by atoms with Crippen molar-refractivity contribution in [2.24, 2.45) is 4.99 Å². The summed E-state index contributed by atoms with van der Waals surface area (Å²) in [5.74, 6) is -0.0355. The van der Waals surface area contributed by atoms with Crippen molar-refractivity contribution in [2.75, 3.05) is 7.11 Å². The highest BCUT2D eigenvalue weighted by atomic mass is 79.9. The molecule has 132 valence electrons. The molecular weight excluding hydrogens is 404 g/mol. The molecule has 26 heavy (non-hydrogen) atoms. The number of aryl methyl sites for hydroxylation is 1. The first-order valence-electron chi connectivity index (χ1n) is 7.50. The van der Waals surface area contributed by atoms with E-state index in [2.05, 4.69) is 20.9 Å². The SMILES string of the molecule is COc1ccc(Br)cc1C=C1N=C(c2ccc(C)c([N+](=O)[O-])c2)OC1=O. The zero-order valence-electron chi connectivity index (χ0n) is 13.9. The third kappa shape index (κ3) is 3.50. The van der Waals surface area contributed by atoms with Crippen molar-refractivity contribution in [2.45, 2.75) is 6.92 Å². The zero-order valence-corrected chi connectivity index (χ0v) is 15.4. The van der Waals surface area contributed by atoms with E-state index in [-0.39, 0.29) is 17.3 Å². The van der Waals surface area contributed by atoms with Gasteiger partial charge in [0.1, 0.15) is 5.75 Å². The Bertz CT molecular complexity index is 982. The second-order valence-corrected chi connectivity index (χ2v) is 6.40. The fourth-order valence-electron chi connectivity index (χ4n) is 2.44. The highest BCUT2D eigenvalue weighted by Crippen LogP contribution is 2.28. The lowest BCUT2D eigenvalue weighted by molar-refractivity contribution is -0.385. The van der Waals surface area contributed by atoms with Crippen LogP contribution in [0.5, 0.6) is 5.75 Å². The van der Waals surface area contributed by atoms with Crippen LogP contribution in [0.2, 0.25) is 0 Å². The highest BCUT2D eigenvalue weighted by molar-refractivity contribution is 9.10. The average Bonchev–Trinajstić information content (AvgIpc) is 2.96. The minimum absolute atomic E-state index is 0.0262. The summed E-state index contributed by atoms with van der Waals surface area (Å²) in [5.41, 5.74) is 1.54. The zero-order chi connectivity index (χ0) is 18.8. The monoisotopic (exact) mass is 416 g/mol. The van der Waals surface area contributed by atoms with E-state index in [0.29, 0.717) is 22.4 Å². The molecule has 0 atom stereocenters. The van der Waals surface area contributed by atoms with Crippen molar-refractivity contribution in [3.8, 4) is 5.75 Å². The molecule has 1 heterocycles. The lowest BCUT2D eigenvalue weighted by atomic mass is 10.1. The second-order valence-electron chi connectivity index (χ2n) is 5.48. The second kappa shape index (κ2) is 7.09. The van der Waals surface area contributed by atoms with Crippen LogP contribution >= 0.6 is 15.9 Å². The Morgan fingerprint density at radius 2 is 2.04 bits per heavy atom. The van der Waals surface area contributed by atoms with E-state index in [9.17, 15) is 14.9 Å². The molecule has 0 amide bonds. The molecule has 2 aromatic rings. The van der Waals surface area contributed by atoms with Gasteiger partial charge in [-0.3, -0.25) is 10.1 Å². The highest BCUT2D eigenvalue weighted by Gasteiger charge is 2.26. The molecular formula is C18H13BrN2O5. The summed E-state index contributed by atoms with van der Waals surface area (Å²) in [6.45, 7) is 1.63. The molecule has 7 nitrogen and oxygen atoms in total. The fraction of sp³-hybridized carbons (Fsp3) is 0.111. The number of nitrogens with zero attached hydrogens (tertiary/aromatic N) is 2. The summed E-state index contributed by atoms with van der Waals surface area (Å²) >= 11 is 3.37. The Morgan fingerprint density at radius 1 is 1.27 bits per heavy atom. The molecule has 0 radical (unpaired) electrons. The number of rotatable bonds is 4. The van der Waals surface area contributed by atoms with Gasteiger partial charge in [-0.1, -0.05) is 22.0 Å². The number of esters is 1. The van der Waals surface area contributed by atoms with Gasteiger partial charge in [0.2, 0.25) is 5.90 Å². The number of halogens is 1. The quantitative estimate of drug-likeness (QED) is 0.324. The van der Waals surface area contributed by atoms with Crippen molar-refractivity contribution >= 4 is 39.6 Å². The van der Waals surface area contributed by atoms with Gasteiger partial charge in [0, 0.05) is 27.2 Å². The standard InChI is InChI=1S/C18H13BrN2O5/c1-10-3-4-11(9-15(10)21(23)24)17-20-14(18(22)26-17)8-12-7-13(19)5-6-16(12)25-2/h3-9H,1-2H3. The van der Waals surface area contributed by atoms with Crippen molar-refractivity contribution in [3.63, 3.8) is 0 Å². The van der Waals surface area contributed by atoms with Gasteiger partial charge < -0.3 is 9.47 Å². The number of nitro groups is 1.